The molecule has 2 heteroatoms. The van der Waals surface area contributed by atoms with Gasteiger partial charge >= 0.3 is 0 Å². The van der Waals surface area contributed by atoms with E-state index in [0.29, 0.717) is 5.41 Å². The molecule has 15 heavy (non-hydrogen) atoms. The molecular formula is C13H16O2. The van der Waals surface area contributed by atoms with Crippen LogP contribution in [0.1, 0.15) is 36.0 Å². The van der Waals surface area contributed by atoms with Crippen LogP contribution in [0.3, 0.4) is 0 Å². The van der Waals surface area contributed by atoms with Crippen LogP contribution in [0.5, 0.6) is 5.75 Å². The fourth-order valence-corrected chi connectivity index (χ4v) is 2.99. The summed E-state index contributed by atoms with van der Waals surface area (Å²) in [6, 6.07) is 4.21. The fourth-order valence-electron chi connectivity index (χ4n) is 2.99. The van der Waals surface area contributed by atoms with E-state index in [1.54, 1.807) is 7.11 Å². The van der Waals surface area contributed by atoms with Crippen molar-refractivity contribution in [1.82, 2.24) is 0 Å². The lowest BCUT2D eigenvalue weighted by Crippen LogP contribution is -2.02. The van der Waals surface area contributed by atoms with Crippen molar-refractivity contribution in [2.75, 3.05) is 7.11 Å². The van der Waals surface area contributed by atoms with Crippen LogP contribution in [-0.2, 0) is 18.4 Å². The highest BCUT2D eigenvalue weighted by molar-refractivity contribution is 5.52. The number of fused-ring (bicyclic) bond motifs is 2. The SMILES string of the molecule is COc1ccc2c(c1CO)CCC21CC1. The Morgan fingerprint density at radius 2 is 2.13 bits per heavy atom. The van der Waals surface area contributed by atoms with Crippen molar-refractivity contribution in [2.45, 2.75) is 37.7 Å². The molecule has 1 spiro atoms. The Kier molecular flexibility index (Phi) is 1.84. The first-order valence-electron chi connectivity index (χ1n) is 5.61. The fraction of sp³-hybridized carbons (Fsp3) is 0.538. The maximum atomic E-state index is 9.42. The second kappa shape index (κ2) is 2.99. The molecule has 1 saturated carbocycles. The third-order valence-electron chi connectivity index (χ3n) is 4.04. The van der Waals surface area contributed by atoms with Crippen molar-refractivity contribution >= 4 is 0 Å². The van der Waals surface area contributed by atoms with Gasteiger partial charge in [0.25, 0.3) is 0 Å². The van der Waals surface area contributed by atoms with Gasteiger partial charge in [0.05, 0.1) is 13.7 Å². The van der Waals surface area contributed by atoms with Crippen molar-refractivity contribution in [3.63, 3.8) is 0 Å². The Labute approximate surface area is 89.9 Å². The van der Waals surface area contributed by atoms with E-state index in [2.05, 4.69) is 6.07 Å². The van der Waals surface area contributed by atoms with Gasteiger partial charge in [-0.25, -0.2) is 0 Å². The molecule has 1 aromatic carbocycles. The number of ether oxygens (including phenoxy) is 1. The Morgan fingerprint density at radius 1 is 1.33 bits per heavy atom. The minimum absolute atomic E-state index is 0.0996. The second-order valence-corrected chi connectivity index (χ2v) is 4.71. The van der Waals surface area contributed by atoms with Crippen LogP contribution < -0.4 is 4.74 Å². The van der Waals surface area contributed by atoms with Crippen LogP contribution in [0, 0.1) is 0 Å². The number of methoxy groups -OCH3 is 1. The summed E-state index contributed by atoms with van der Waals surface area (Å²) in [5.74, 6) is 0.842. The van der Waals surface area contributed by atoms with Gasteiger partial charge in [0.2, 0.25) is 0 Å². The molecule has 0 radical (unpaired) electrons. The van der Waals surface area contributed by atoms with Crippen LogP contribution >= 0.6 is 0 Å². The molecule has 1 aromatic rings. The third kappa shape index (κ3) is 1.14. The molecule has 0 bridgehead atoms. The monoisotopic (exact) mass is 204 g/mol. The van der Waals surface area contributed by atoms with E-state index in [9.17, 15) is 5.11 Å². The van der Waals surface area contributed by atoms with Gasteiger partial charge in [0.15, 0.2) is 0 Å². The number of rotatable bonds is 2. The largest absolute Gasteiger partial charge is 0.496 e. The van der Waals surface area contributed by atoms with E-state index in [-0.39, 0.29) is 6.61 Å². The first kappa shape index (κ1) is 9.22. The lowest BCUT2D eigenvalue weighted by atomic mass is 9.96. The van der Waals surface area contributed by atoms with Crippen molar-refractivity contribution in [2.24, 2.45) is 0 Å². The maximum Gasteiger partial charge on any atom is 0.124 e. The summed E-state index contributed by atoms with van der Waals surface area (Å²) in [5.41, 5.74) is 4.34. The molecule has 0 amide bonds. The molecular weight excluding hydrogens is 188 g/mol. The van der Waals surface area contributed by atoms with Crippen LogP contribution in [-0.4, -0.2) is 12.2 Å². The zero-order chi connectivity index (χ0) is 10.5. The summed E-state index contributed by atoms with van der Waals surface area (Å²) in [6.07, 6.45) is 5.04. The zero-order valence-corrected chi connectivity index (χ0v) is 9.05. The smallest absolute Gasteiger partial charge is 0.124 e. The molecule has 0 atom stereocenters. The van der Waals surface area contributed by atoms with E-state index >= 15 is 0 Å². The van der Waals surface area contributed by atoms with E-state index in [1.165, 1.54) is 30.4 Å². The first-order chi connectivity index (χ1) is 7.30. The van der Waals surface area contributed by atoms with Gasteiger partial charge in [-0.3, -0.25) is 0 Å². The van der Waals surface area contributed by atoms with Gasteiger partial charge in [0, 0.05) is 5.56 Å². The molecule has 3 rings (SSSR count). The predicted octanol–water partition coefficient (Wildman–Crippen LogP) is 2.17. The van der Waals surface area contributed by atoms with Gasteiger partial charge in [0.1, 0.15) is 5.75 Å². The van der Waals surface area contributed by atoms with Crippen molar-refractivity contribution in [3.8, 4) is 5.75 Å². The quantitative estimate of drug-likeness (QED) is 0.800. The minimum Gasteiger partial charge on any atom is -0.496 e. The van der Waals surface area contributed by atoms with Gasteiger partial charge in [-0.05, 0) is 48.3 Å². The number of aliphatic hydroxyl groups is 1. The Hall–Kier alpha value is -1.02. The average molecular weight is 204 g/mol. The molecule has 0 aliphatic heterocycles. The maximum absolute atomic E-state index is 9.42. The molecule has 1 N–H and O–H groups in total. The highest BCUT2D eigenvalue weighted by atomic mass is 16.5. The van der Waals surface area contributed by atoms with Crippen molar-refractivity contribution in [3.05, 3.63) is 28.8 Å². The molecule has 0 unspecified atom stereocenters. The Morgan fingerprint density at radius 3 is 2.73 bits per heavy atom. The summed E-state index contributed by atoms with van der Waals surface area (Å²) >= 11 is 0. The third-order valence-corrected chi connectivity index (χ3v) is 4.04. The Bertz CT molecular complexity index is 405. The zero-order valence-electron chi connectivity index (χ0n) is 9.05. The number of hydrogen-bond donors (Lipinski definition) is 1. The highest BCUT2D eigenvalue weighted by Gasteiger charge is 2.49. The van der Waals surface area contributed by atoms with E-state index in [4.69, 9.17) is 4.74 Å². The Balaban J connectivity index is 2.16. The lowest BCUT2D eigenvalue weighted by Gasteiger charge is -2.13. The molecule has 0 heterocycles. The number of benzene rings is 1. The van der Waals surface area contributed by atoms with Gasteiger partial charge in [-0.1, -0.05) is 6.07 Å². The van der Waals surface area contributed by atoms with E-state index in [0.717, 1.165) is 17.7 Å². The van der Waals surface area contributed by atoms with Gasteiger partial charge in [-0.15, -0.1) is 0 Å². The predicted molar refractivity (Wildman–Crippen MR) is 58.1 cm³/mol. The standard InChI is InChI=1S/C13H16O2/c1-15-12-3-2-11-9(10(12)8-14)4-5-13(11)6-7-13/h2-3,14H,4-8H2,1H3. The topological polar surface area (TPSA) is 29.5 Å². The van der Waals surface area contributed by atoms with Crippen LogP contribution in [0.15, 0.2) is 12.1 Å². The van der Waals surface area contributed by atoms with Crippen LogP contribution in [0.4, 0.5) is 0 Å². The van der Waals surface area contributed by atoms with E-state index < -0.39 is 0 Å². The first-order valence-corrected chi connectivity index (χ1v) is 5.61. The summed E-state index contributed by atoms with van der Waals surface area (Å²) in [7, 11) is 1.67. The molecule has 0 aromatic heterocycles. The van der Waals surface area contributed by atoms with Crippen LogP contribution in [0.2, 0.25) is 0 Å². The highest BCUT2D eigenvalue weighted by Crippen LogP contribution is 2.57. The van der Waals surface area contributed by atoms with Crippen molar-refractivity contribution < 1.29 is 9.84 Å². The summed E-state index contributed by atoms with van der Waals surface area (Å²) < 4.78 is 5.29. The van der Waals surface area contributed by atoms with Crippen molar-refractivity contribution in [1.29, 1.82) is 0 Å². The minimum atomic E-state index is 0.0996. The summed E-state index contributed by atoms with van der Waals surface area (Å²) in [5, 5.41) is 9.42. The molecule has 80 valence electrons. The normalized spacial score (nSPS) is 20.4. The lowest BCUT2D eigenvalue weighted by molar-refractivity contribution is 0.272. The van der Waals surface area contributed by atoms with Gasteiger partial charge in [-0.2, -0.15) is 0 Å². The number of hydrogen-bond acceptors (Lipinski definition) is 2. The van der Waals surface area contributed by atoms with Gasteiger partial charge < -0.3 is 9.84 Å². The molecule has 0 saturated heterocycles. The summed E-state index contributed by atoms with van der Waals surface area (Å²) in [4.78, 5) is 0. The molecule has 2 aliphatic carbocycles. The number of aliphatic hydroxyl groups excluding tert-OH is 1. The molecule has 2 nitrogen and oxygen atoms in total. The van der Waals surface area contributed by atoms with E-state index in [1.807, 2.05) is 6.07 Å². The molecule has 1 fully saturated rings. The molecule has 2 aliphatic rings. The second-order valence-electron chi connectivity index (χ2n) is 4.71. The average Bonchev–Trinajstić information content (AvgIpc) is 2.95. The summed E-state index contributed by atoms with van der Waals surface area (Å²) in [6.45, 7) is 0.0996. The van der Waals surface area contributed by atoms with Crippen LogP contribution in [0.25, 0.3) is 0 Å².